The first-order chi connectivity index (χ1) is 9.13. The van der Waals surface area contributed by atoms with Gasteiger partial charge in [0.1, 0.15) is 5.82 Å². The maximum absolute atomic E-state index is 12.9. The summed E-state index contributed by atoms with van der Waals surface area (Å²) in [5, 5.41) is 5.78. The van der Waals surface area contributed by atoms with Gasteiger partial charge in [0.2, 0.25) is 5.91 Å². The molecule has 0 saturated carbocycles. The molecule has 20 heavy (non-hydrogen) atoms. The molecule has 0 aliphatic rings. The molecule has 0 heterocycles. The fourth-order valence-electron chi connectivity index (χ4n) is 1.72. The highest BCUT2D eigenvalue weighted by atomic mass is 35.5. The molecule has 2 N–H and O–H groups in total. The number of hydrogen-bond acceptors (Lipinski definition) is 3. The summed E-state index contributed by atoms with van der Waals surface area (Å²) in [4.78, 5) is 11.5. The number of carbonyl (C=O) groups excluding carboxylic acids is 1. The Bertz CT molecular complexity index is 416. The smallest absolute Gasteiger partial charge is 0.233 e. The molecule has 0 unspecified atom stereocenters. The molecule has 1 aromatic carbocycles. The Morgan fingerprint density at radius 2 is 2.10 bits per heavy atom. The van der Waals surface area contributed by atoms with Crippen LogP contribution in [0.1, 0.15) is 11.1 Å². The molecule has 0 spiro atoms. The molecule has 114 valence electrons. The number of hydrogen-bond donors (Lipinski definition) is 2. The zero-order chi connectivity index (χ0) is 14.1. The van der Waals surface area contributed by atoms with Crippen molar-refractivity contribution in [2.75, 3.05) is 33.4 Å². The summed E-state index contributed by atoms with van der Waals surface area (Å²) in [6.07, 6.45) is 0.704. The van der Waals surface area contributed by atoms with Gasteiger partial charge in [-0.05, 0) is 36.6 Å². The van der Waals surface area contributed by atoms with Gasteiger partial charge >= 0.3 is 0 Å². The molecular weight excluding hydrogens is 283 g/mol. The molecule has 1 rings (SSSR count). The van der Waals surface area contributed by atoms with Gasteiger partial charge in [-0.2, -0.15) is 0 Å². The van der Waals surface area contributed by atoms with Gasteiger partial charge in [-0.25, -0.2) is 4.39 Å². The second kappa shape index (κ2) is 10.6. The monoisotopic (exact) mass is 304 g/mol. The summed E-state index contributed by atoms with van der Waals surface area (Å²) in [6, 6.07) is 4.70. The molecule has 0 aromatic heterocycles. The van der Waals surface area contributed by atoms with Crippen molar-refractivity contribution in [2.45, 2.75) is 13.3 Å². The molecule has 0 saturated heterocycles. The largest absolute Gasteiger partial charge is 0.383 e. The third-order valence-corrected chi connectivity index (χ3v) is 2.79. The summed E-state index contributed by atoms with van der Waals surface area (Å²) in [6.45, 7) is 3.94. The second-order valence-electron chi connectivity index (χ2n) is 4.34. The summed E-state index contributed by atoms with van der Waals surface area (Å²) in [7, 11) is 1.62. The topological polar surface area (TPSA) is 50.4 Å². The van der Waals surface area contributed by atoms with Crippen molar-refractivity contribution in [1.29, 1.82) is 0 Å². The van der Waals surface area contributed by atoms with Crippen molar-refractivity contribution in [3.8, 4) is 0 Å². The Kier molecular flexibility index (Phi) is 9.98. The van der Waals surface area contributed by atoms with E-state index in [0.29, 0.717) is 26.1 Å². The van der Waals surface area contributed by atoms with Gasteiger partial charge in [-0.3, -0.25) is 4.79 Å². The molecule has 1 aromatic rings. The number of methoxy groups -OCH3 is 1. The van der Waals surface area contributed by atoms with Crippen LogP contribution in [0, 0.1) is 12.7 Å². The number of rotatable bonds is 8. The molecule has 0 aliphatic heterocycles. The van der Waals surface area contributed by atoms with Crippen LogP contribution in [0.4, 0.5) is 4.39 Å². The number of amides is 1. The van der Waals surface area contributed by atoms with Gasteiger partial charge in [0, 0.05) is 20.2 Å². The Balaban J connectivity index is 0.00000361. The predicted molar refractivity (Wildman–Crippen MR) is 79.8 cm³/mol. The van der Waals surface area contributed by atoms with Gasteiger partial charge in [0.05, 0.1) is 13.2 Å². The minimum Gasteiger partial charge on any atom is -0.383 e. The van der Waals surface area contributed by atoms with E-state index in [1.54, 1.807) is 13.2 Å². The molecule has 0 bridgehead atoms. The third kappa shape index (κ3) is 7.43. The number of ether oxygens (including phenoxy) is 1. The van der Waals surface area contributed by atoms with Crippen LogP contribution in [0.15, 0.2) is 18.2 Å². The zero-order valence-electron chi connectivity index (χ0n) is 11.9. The molecular formula is C14H22ClFN2O2. The van der Waals surface area contributed by atoms with Crippen LogP contribution in [0.25, 0.3) is 0 Å². The van der Waals surface area contributed by atoms with Gasteiger partial charge in [0.15, 0.2) is 0 Å². The van der Waals surface area contributed by atoms with E-state index in [-0.39, 0.29) is 30.7 Å². The Hall–Kier alpha value is -1.17. The molecule has 4 nitrogen and oxygen atoms in total. The second-order valence-corrected chi connectivity index (χ2v) is 4.34. The molecule has 6 heteroatoms. The van der Waals surface area contributed by atoms with E-state index in [1.807, 2.05) is 6.92 Å². The minimum absolute atomic E-state index is 0. The lowest BCUT2D eigenvalue weighted by molar-refractivity contribution is -0.120. The van der Waals surface area contributed by atoms with E-state index in [4.69, 9.17) is 4.74 Å². The van der Waals surface area contributed by atoms with Crippen LogP contribution < -0.4 is 10.6 Å². The quantitative estimate of drug-likeness (QED) is 0.715. The molecule has 0 radical (unpaired) electrons. The van der Waals surface area contributed by atoms with E-state index in [2.05, 4.69) is 10.6 Å². The van der Waals surface area contributed by atoms with Gasteiger partial charge in [-0.15, -0.1) is 12.4 Å². The van der Waals surface area contributed by atoms with Crippen LogP contribution in [-0.4, -0.2) is 39.3 Å². The first kappa shape index (κ1) is 18.8. The Labute approximate surface area is 125 Å². The van der Waals surface area contributed by atoms with E-state index < -0.39 is 0 Å². The maximum Gasteiger partial charge on any atom is 0.233 e. The highest BCUT2D eigenvalue weighted by molar-refractivity contribution is 5.85. The number of benzene rings is 1. The van der Waals surface area contributed by atoms with Gasteiger partial charge in [-0.1, -0.05) is 6.07 Å². The fourth-order valence-corrected chi connectivity index (χ4v) is 1.72. The first-order valence-electron chi connectivity index (χ1n) is 6.35. The van der Waals surface area contributed by atoms with Crippen LogP contribution in [-0.2, 0) is 16.0 Å². The highest BCUT2D eigenvalue weighted by Crippen LogP contribution is 2.10. The fraction of sp³-hybridized carbons (Fsp3) is 0.500. The van der Waals surface area contributed by atoms with E-state index in [0.717, 1.165) is 11.1 Å². The highest BCUT2D eigenvalue weighted by Gasteiger charge is 2.02. The van der Waals surface area contributed by atoms with Gasteiger partial charge < -0.3 is 15.4 Å². The van der Waals surface area contributed by atoms with Crippen LogP contribution in [0.3, 0.4) is 0 Å². The third-order valence-electron chi connectivity index (χ3n) is 2.79. The molecule has 0 atom stereocenters. The first-order valence-corrected chi connectivity index (χ1v) is 6.35. The lowest BCUT2D eigenvalue weighted by atomic mass is 10.1. The van der Waals surface area contributed by atoms with Crippen molar-refractivity contribution >= 4 is 18.3 Å². The van der Waals surface area contributed by atoms with Crippen molar-refractivity contribution in [2.24, 2.45) is 0 Å². The van der Waals surface area contributed by atoms with Crippen molar-refractivity contribution < 1.29 is 13.9 Å². The normalized spacial score (nSPS) is 9.95. The van der Waals surface area contributed by atoms with E-state index >= 15 is 0 Å². The van der Waals surface area contributed by atoms with E-state index in [9.17, 15) is 9.18 Å². The Morgan fingerprint density at radius 1 is 1.35 bits per heavy atom. The standard InChI is InChI=1S/C14H21FN2O2.ClH/c1-11-9-13(15)4-3-12(11)5-6-17-14(18)10-16-7-8-19-2;/h3-4,9,16H,5-8,10H2,1-2H3,(H,17,18);1H. The maximum atomic E-state index is 12.9. The minimum atomic E-state index is -0.229. The average Bonchev–Trinajstić information content (AvgIpc) is 2.37. The molecule has 1 amide bonds. The summed E-state index contributed by atoms with van der Waals surface area (Å²) >= 11 is 0. The summed E-state index contributed by atoms with van der Waals surface area (Å²) < 4.78 is 17.8. The number of carbonyl (C=O) groups is 1. The average molecular weight is 305 g/mol. The lowest BCUT2D eigenvalue weighted by Gasteiger charge is -2.08. The van der Waals surface area contributed by atoms with Crippen LogP contribution in [0.2, 0.25) is 0 Å². The Morgan fingerprint density at radius 3 is 2.75 bits per heavy atom. The van der Waals surface area contributed by atoms with Crippen molar-refractivity contribution in [1.82, 2.24) is 10.6 Å². The van der Waals surface area contributed by atoms with Crippen molar-refractivity contribution in [3.05, 3.63) is 35.1 Å². The molecule has 0 aliphatic carbocycles. The lowest BCUT2D eigenvalue weighted by Crippen LogP contribution is -2.36. The molecule has 0 fully saturated rings. The van der Waals surface area contributed by atoms with Crippen LogP contribution in [0.5, 0.6) is 0 Å². The number of aryl methyl sites for hydroxylation is 1. The van der Waals surface area contributed by atoms with Crippen molar-refractivity contribution in [3.63, 3.8) is 0 Å². The summed E-state index contributed by atoms with van der Waals surface area (Å²) in [5.74, 6) is -0.275. The number of halogens is 2. The summed E-state index contributed by atoms with van der Waals surface area (Å²) in [5.41, 5.74) is 1.96. The van der Waals surface area contributed by atoms with Gasteiger partial charge in [0.25, 0.3) is 0 Å². The van der Waals surface area contributed by atoms with Crippen LogP contribution >= 0.6 is 12.4 Å². The van der Waals surface area contributed by atoms with E-state index in [1.165, 1.54) is 12.1 Å². The predicted octanol–water partition coefficient (Wildman–Crippen LogP) is 1.45. The number of nitrogens with one attached hydrogen (secondary N) is 2. The zero-order valence-corrected chi connectivity index (χ0v) is 12.7. The SMILES string of the molecule is COCCNCC(=O)NCCc1ccc(F)cc1C.Cl.